The van der Waals surface area contributed by atoms with Crippen molar-refractivity contribution in [3.63, 3.8) is 0 Å². The molecule has 0 bridgehead atoms. The van der Waals surface area contributed by atoms with E-state index >= 15 is 0 Å². The number of carbonyl (C=O) groups excluding carboxylic acids is 1. The molecule has 0 atom stereocenters. The number of carbonyl (C=O) groups is 2. The average Bonchev–Trinajstić information content (AvgIpc) is 2.57. The molecule has 0 aliphatic carbocycles. The van der Waals surface area contributed by atoms with Crippen LogP contribution in [0.2, 0.25) is 0 Å². The molecule has 2 aromatic rings. The molecule has 0 spiro atoms. The Labute approximate surface area is 139 Å². The van der Waals surface area contributed by atoms with Gasteiger partial charge in [0.15, 0.2) is 12.4 Å². The van der Waals surface area contributed by atoms with Crippen molar-refractivity contribution in [2.24, 2.45) is 0 Å². The van der Waals surface area contributed by atoms with Crippen LogP contribution in [0.3, 0.4) is 0 Å². The first kappa shape index (κ1) is 17.4. The fraction of sp³-hybridized carbons (Fsp3) is 0.235. The van der Waals surface area contributed by atoms with Crippen molar-refractivity contribution >= 4 is 17.6 Å². The number of ketones is 1. The molecule has 1 aromatic heterocycles. The first-order valence-electron chi connectivity index (χ1n) is 7.44. The van der Waals surface area contributed by atoms with Gasteiger partial charge in [-0.1, -0.05) is 6.07 Å². The van der Waals surface area contributed by atoms with Gasteiger partial charge in [0.1, 0.15) is 11.6 Å². The zero-order chi connectivity index (χ0) is 17.4. The third-order valence-corrected chi connectivity index (χ3v) is 3.21. The number of nitrogens with one attached hydrogen (secondary N) is 1. The van der Waals surface area contributed by atoms with E-state index in [1.165, 1.54) is 0 Å². The molecular formula is C17H19N3O4. The second-order valence-corrected chi connectivity index (χ2v) is 5.11. The van der Waals surface area contributed by atoms with Crippen molar-refractivity contribution in [2.75, 3.05) is 25.4 Å². The monoisotopic (exact) mass is 329 g/mol. The molecule has 126 valence electrons. The van der Waals surface area contributed by atoms with E-state index < -0.39 is 12.6 Å². The van der Waals surface area contributed by atoms with E-state index in [0.717, 1.165) is 5.69 Å². The summed E-state index contributed by atoms with van der Waals surface area (Å²) < 4.78 is 5.02. The van der Waals surface area contributed by atoms with Crippen LogP contribution in [0.1, 0.15) is 16.1 Å². The normalized spacial score (nSPS) is 10.3. The zero-order valence-electron chi connectivity index (χ0n) is 13.1. The van der Waals surface area contributed by atoms with Gasteiger partial charge in [-0.2, -0.15) is 0 Å². The molecule has 0 radical (unpaired) electrons. The fourth-order valence-corrected chi connectivity index (χ4v) is 2.04. The number of aliphatic carboxylic acids is 1. The van der Waals surface area contributed by atoms with Crippen LogP contribution >= 0.6 is 0 Å². The highest BCUT2D eigenvalue weighted by molar-refractivity contribution is 5.97. The third-order valence-electron chi connectivity index (χ3n) is 3.21. The molecule has 0 aliphatic rings. The first-order chi connectivity index (χ1) is 11.5. The number of nitrogens with two attached hydrogens (primary N) is 1. The summed E-state index contributed by atoms with van der Waals surface area (Å²) in [5, 5.41) is 11.6. The summed E-state index contributed by atoms with van der Waals surface area (Å²) in [5.41, 5.74) is 7.01. The van der Waals surface area contributed by atoms with Gasteiger partial charge >= 0.3 is 5.97 Å². The van der Waals surface area contributed by atoms with Crippen LogP contribution in [-0.4, -0.2) is 41.5 Å². The highest BCUT2D eigenvalue weighted by Gasteiger charge is 2.06. The number of aromatic nitrogens is 1. The Morgan fingerprint density at radius 2 is 1.92 bits per heavy atom. The van der Waals surface area contributed by atoms with Crippen LogP contribution in [0.4, 0.5) is 5.82 Å². The van der Waals surface area contributed by atoms with E-state index in [-0.39, 0.29) is 12.3 Å². The summed E-state index contributed by atoms with van der Waals surface area (Å²) in [7, 11) is 0. The van der Waals surface area contributed by atoms with Gasteiger partial charge in [0.2, 0.25) is 0 Å². The number of anilines is 1. The van der Waals surface area contributed by atoms with Crippen LogP contribution < -0.4 is 15.8 Å². The average molecular weight is 329 g/mol. The summed E-state index contributed by atoms with van der Waals surface area (Å²) in [6, 6.07) is 11.8. The van der Waals surface area contributed by atoms with Crippen LogP contribution in [0.15, 0.2) is 42.5 Å². The molecule has 7 nitrogen and oxygen atoms in total. The lowest BCUT2D eigenvalue weighted by Crippen LogP contribution is -2.25. The number of hydrogen-bond acceptors (Lipinski definition) is 6. The van der Waals surface area contributed by atoms with E-state index in [0.29, 0.717) is 30.1 Å². The molecule has 0 saturated heterocycles. The number of carboxylic acid groups (broad SMARTS) is 1. The minimum Gasteiger partial charge on any atom is -0.482 e. The van der Waals surface area contributed by atoms with Crippen LogP contribution in [0, 0.1) is 0 Å². The standard InChI is InChI=1S/C17H19N3O4/c18-16-3-1-2-13(20-16)8-9-19-10-15(21)12-4-6-14(7-5-12)24-11-17(22)23/h1-7,19H,8-11H2,(H2,18,20)(H,22,23). The quantitative estimate of drug-likeness (QED) is 0.467. The van der Waals surface area contributed by atoms with Crippen LogP contribution in [0.25, 0.3) is 0 Å². The number of rotatable bonds is 9. The van der Waals surface area contributed by atoms with E-state index in [1.54, 1.807) is 30.3 Å². The van der Waals surface area contributed by atoms with Crippen molar-refractivity contribution < 1.29 is 19.4 Å². The highest BCUT2D eigenvalue weighted by Crippen LogP contribution is 2.12. The molecule has 0 fully saturated rings. The zero-order valence-corrected chi connectivity index (χ0v) is 13.1. The molecule has 0 amide bonds. The number of carboxylic acids is 1. The Hall–Kier alpha value is -2.93. The van der Waals surface area contributed by atoms with Crippen LogP contribution in [0.5, 0.6) is 5.75 Å². The lowest BCUT2D eigenvalue weighted by molar-refractivity contribution is -0.139. The molecule has 0 saturated carbocycles. The van der Waals surface area contributed by atoms with E-state index in [4.69, 9.17) is 15.6 Å². The molecule has 24 heavy (non-hydrogen) atoms. The fourth-order valence-electron chi connectivity index (χ4n) is 2.04. The van der Waals surface area contributed by atoms with Crippen molar-refractivity contribution in [1.29, 1.82) is 0 Å². The molecular weight excluding hydrogens is 310 g/mol. The Morgan fingerprint density at radius 1 is 1.17 bits per heavy atom. The van der Waals surface area contributed by atoms with Gasteiger partial charge in [-0.15, -0.1) is 0 Å². The number of ether oxygens (including phenoxy) is 1. The lowest BCUT2D eigenvalue weighted by atomic mass is 10.1. The molecule has 1 aromatic carbocycles. The first-order valence-corrected chi connectivity index (χ1v) is 7.44. The van der Waals surface area contributed by atoms with E-state index in [2.05, 4.69) is 10.3 Å². The van der Waals surface area contributed by atoms with Crippen molar-refractivity contribution in [3.8, 4) is 5.75 Å². The Balaban J connectivity index is 1.75. The minimum atomic E-state index is -1.05. The third kappa shape index (κ3) is 5.69. The number of hydrogen-bond donors (Lipinski definition) is 3. The minimum absolute atomic E-state index is 0.0553. The number of benzene rings is 1. The van der Waals surface area contributed by atoms with Gasteiger partial charge in [-0.3, -0.25) is 4.79 Å². The number of pyridine rings is 1. The van der Waals surface area contributed by atoms with E-state index in [1.807, 2.05) is 12.1 Å². The van der Waals surface area contributed by atoms with Gasteiger partial charge in [0.05, 0.1) is 6.54 Å². The lowest BCUT2D eigenvalue weighted by Gasteiger charge is -2.06. The molecule has 4 N–H and O–H groups in total. The van der Waals surface area contributed by atoms with E-state index in [9.17, 15) is 9.59 Å². The maximum absolute atomic E-state index is 12.1. The Bertz CT molecular complexity index is 701. The van der Waals surface area contributed by atoms with Gasteiger partial charge in [0, 0.05) is 24.2 Å². The predicted molar refractivity (Wildman–Crippen MR) is 89.1 cm³/mol. The van der Waals surface area contributed by atoms with Crippen molar-refractivity contribution in [1.82, 2.24) is 10.3 Å². The topological polar surface area (TPSA) is 115 Å². The number of Topliss-reactive ketones (excluding diaryl/α,β-unsaturated/α-hetero) is 1. The summed E-state index contributed by atoms with van der Waals surface area (Å²) in [5.74, 6) is -0.210. The number of nitrogen functional groups attached to an aromatic ring is 1. The van der Waals surface area contributed by atoms with Gasteiger partial charge < -0.3 is 20.9 Å². The summed E-state index contributed by atoms with van der Waals surface area (Å²) in [6.07, 6.45) is 0.681. The van der Waals surface area contributed by atoms with Gasteiger partial charge in [-0.25, -0.2) is 9.78 Å². The molecule has 1 heterocycles. The summed E-state index contributed by atoms with van der Waals surface area (Å²) >= 11 is 0. The van der Waals surface area contributed by atoms with Crippen LogP contribution in [-0.2, 0) is 11.2 Å². The molecule has 0 aliphatic heterocycles. The summed E-state index contributed by atoms with van der Waals surface area (Å²) in [6.45, 7) is 0.409. The Morgan fingerprint density at radius 3 is 2.58 bits per heavy atom. The maximum Gasteiger partial charge on any atom is 0.341 e. The Kier molecular flexibility index (Phi) is 6.27. The highest BCUT2D eigenvalue weighted by atomic mass is 16.5. The molecule has 7 heteroatoms. The summed E-state index contributed by atoms with van der Waals surface area (Å²) in [4.78, 5) is 26.7. The second-order valence-electron chi connectivity index (χ2n) is 5.11. The van der Waals surface area contributed by atoms with Crippen molar-refractivity contribution in [3.05, 3.63) is 53.7 Å². The van der Waals surface area contributed by atoms with Gasteiger partial charge in [-0.05, 0) is 36.4 Å². The smallest absolute Gasteiger partial charge is 0.341 e. The molecule has 0 unspecified atom stereocenters. The number of nitrogens with zero attached hydrogens (tertiary/aromatic N) is 1. The largest absolute Gasteiger partial charge is 0.482 e. The van der Waals surface area contributed by atoms with Crippen molar-refractivity contribution in [2.45, 2.75) is 6.42 Å². The predicted octanol–water partition coefficient (Wildman–Crippen LogP) is 1.14. The SMILES string of the molecule is Nc1cccc(CCNCC(=O)c2ccc(OCC(=O)O)cc2)n1. The van der Waals surface area contributed by atoms with Gasteiger partial charge in [0.25, 0.3) is 0 Å². The maximum atomic E-state index is 12.1. The second kappa shape index (κ2) is 8.64. The molecule has 2 rings (SSSR count).